The fourth-order valence-corrected chi connectivity index (χ4v) is 2.17. The van der Waals surface area contributed by atoms with Crippen LogP contribution in [0.4, 0.5) is 0 Å². The summed E-state index contributed by atoms with van der Waals surface area (Å²) in [5, 5.41) is 0. The average molecular weight is 306 g/mol. The van der Waals surface area contributed by atoms with Crippen molar-refractivity contribution < 1.29 is 9.53 Å². The molecule has 2 rings (SSSR count). The van der Waals surface area contributed by atoms with Gasteiger partial charge in [0, 0.05) is 22.7 Å². The fraction of sp³-hybridized carbons (Fsp3) is 0.143. The zero-order valence-electron chi connectivity index (χ0n) is 9.89. The Morgan fingerprint density at radius 3 is 2.78 bits per heavy atom. The van der Waals surface area contributed by atoms with Gasteiger partial charge in [-0.3, -0.25) is 9.78 Å². The lowest BCUT2D eigenvalue weighted by Crippen LogP contribution is -2.07. The number of ketones is 1. The molecule has 0 spiro atoms. The van der Waals surface area contributed by atoms with Crippen LogP contribution in [0.2, 0.25) is 0 Å². The van der Waals surface area contributed by atoms with E-state index in [4.69, 9.17) is 4.74 Å². The first-order valence-electron chi connectivity index (χ1n) is 5.48. The summed E-state index contributed by atoms with van der Waals surface area (Å²) >= 11 is 3.33. The van der Waals surface area contributed by atoms with Gasteiger partial charge in [-0.05, 0) is 34.1 Å². The maximum absolute atomic E-state index is 12.2. The summed E-state index contributed by atoms with van der Waals surface area (Å²) in [4.78, 5) is 16.2. The largest absolute Gasteiger partial charge is 0.496 e. The number of nitrogens with zero attached hydrogens (tertiary/aromatic N) is 1. The number of halogens is 1. The number of methoxy groups -OCH3 is 1. The number of pyridine rings is 1. The van der Waals surface area contributed by atoms with Gasteiger partial charge < -0.3 is 4.74 Å². The molecule has 0 saturated carbocycles. The molecule has 2 aromatic rings. The summed E-state index contributed by atoms with van der Waals surface area (Å²) in [6.45, 7) is 0. The molecular weight excluding hydrogens is 294 g/mol. The minimum absolute atomic E-state index is 0.0352. The number of hydrogen-bond acceptors (Lipinski definition) is 3. The van der Waals surface area contributed by atoms with Crippen molar-refractivity contribution in [1.82, 2.24) is 4.98 Å². The molecule has 1 aromatic heterocycles. The van der Waals surface area contributed by atoms with Crippen molar-refractivity contribution in [2.24, 2.45) is 0 Å². The SMILES string of the molecule is COc1ccccc1CC(=O)c1ncccc1Br. The van der Waals surface area contributed by atoms with Crippen molar-refractivity contribution in [2.75, 3.05) is 7.11 Å². The van der Waals surface area contributed by atoms with Crippen LogP contribution in [0.5, 0.6) is 5.75 Å². The number of carbonyl (C=O) groups is 1. The number of Topliss-reactive ketones (excluding diaryl/α,β-unsaturated/α-hetero) is 1. The summed E-state index contributed by atoms with van der Waals surface area (Å²) in [7, 11) is 1.60. The topological polar surface area (TPSA) is 39.2 Å². The normalized spacial score (nSPS) is 10.1. The van der Waals surface area contributed by atoms with E-state index in [1.54, 1.807) is 19.4 Å². The molecule has 0 atom stereocenters. The Balaban J connectivity index is 2.24. The molecule has 0 unspecified atom stereocenters. The van der Waals surface area contributed by atoms with E-state index in [1.807, 2.05) is 30.3 Å². The van der Waals surface area contributed by atoms with Gasteiger partial charge in [0.05, 0.1) is 7.11 Å². The lowest BCUT2D eigenvalue weighted by atomic mass is 10.1. The zero-order chi connectivity index (χ0) is 13.0. The van der Waals surface area contributed by atoms with Crippen LogP contribution in [0.1, 0.15) is 16.1 Å². The highest BCUT2D eigenvalue weighted by molar-refractivity contribution is 9.10. The highest BCUT2D eigenvalue weighted by Crippen LogP contribution is 2.21. The molecule has 0 aliphatic rings. The summed E-state index contributed by atoms with van der Waals surface area (Å²) in [6, 6.07) is 11.1. The number of rotatable bonds is 4. The lowest BCUT2D eigenvalue weighted by molar-refractivity contribution is 0.0986. The van der Waals surface area contributed by atoms with Crippen LogP contribution < -0.4 is 4.74 Å². The zero-order valence-corrected chi connectivity index (χ0v) is 11.5. The second kappa shape index (κ2) is 5.78. The first-order chi connectivity index (χ1) is 8.72. The molecule has 0 saturated heterocycles. The molecule has 0 aliphatic heterocycles. The van der Waals surface area contributed by atoms with E-state index in [-0.39, 0.29) is 12.2 Å². The Bertz CT molecular complexity index is 569. The summed E-state index contributed by atoms with van der Waals surface area (Å²) in [5.74, 6) is 0.685. The Morgan fingerprint density at radius 2 is 2.06 bits per heavy atom. The lowest BCUT2D eigenvalue weighted by Gasteiger charge is -2.07. The van der Waals surface area contributed by atoms with Gasteiger partial charge in [-0.15, -0.1) is 0 Å². The van der Waals surface area contributed by atoms with Crippen LogP contribution in [-0.2, 0) is 6.42 Å². The van der Waals surface area contributed by atoms with E-state index in [2.05, 4.69) is 20.9 Å². The Labute approximate surface area is 114 Å². The van der Waals surface area contributed by atoms with Gasteiger partial charge in [-0.2, -0.15) is 0 Å². The Kier molecular flexibility index (Phi) is 4.10. The maximum atomic E-state index is 12.2. The molecule has 0 bridgehead atoms. The minimum Gasteiger partial charge on any atom is -0.496 e. The van der Waals surface area contributed by atoms with E-state index in [0.29, 0.717) is 10.2 Å². The monoisotopic (exact) mass is 305 g/mol. The van der Waals surface area contributed by atoms with Crippen molar-refractivity contribution in [3.05, 3.63) is 58.3 Å². The fourth-order valence-electron chi connectivity index (χ4n) is 1.70. The summed E-state index contributed by atoms with van der Waals surface area (Å²) in [6.07, 6.45) is 1.89. The second-order valence-electron chi connectivity index (χ2n) is 3.75. The Hall–Kier alpha value is -1.68. The number of ether oxygens (including phenoxy) is 1. The number of benzene rings is 1. The van der Waals surface area contributed by atoms with Crippen molar-refractivity contribution >= 4 is 21.7 Å². The van der Waals surface area contributed by atoms with Gasteiger partial charge in [-0.25, -0.2) is 0 Å². The first-order valence-corrected chi connectivity index (χ1v) is 6.27. The predicted molar refractivity (Wildman–Crippen MR) is 73.0 cm³/mol. The molecule has 92 valence electrons. The van der Waals surface area contributed by atoms with Gasteiger partial charge in [-0.1, -0.05) is 18.2 Å². The predicted octanol–water partition coefficient (Wildman–Crippen LogP) is 3.28. The molecule has 1 aromatic carbocycles. The smallest absolute Gasteiger partial charge is 0.186 e. The number of aromatic nitrogens is 1. The molecule has 0 N–H and O–H groups in total. The first kappa shape index (κ1) is 12.8. The van der Waals surface area contributed by atoms with E-state index in [1.165, 1.54) is 0 Å². The van der Waals surface area contributed by atoms with Crippen molar-refractivity contribution in [3.8, 4) is 5.75 Å². The molecule has 0 radical (unpaired) electrons. The average Bonchev–Trinajstić information content (AvgIpc) is 2.39. The summed E-state index contributed by atoms with van der Waals surface area (Å²) in [5.41, 5.74) is 1.31. The molecule has 18 heavy (non-hydrogen) atoms. The molecule has 3 nitrogen and oxygen atoms in total. The number of para-hydroxylation sites is 1. The van der Waals surface area contributed by atoms with Crippen LogP contribution in [0.15, 0.2) is 47.1 Å². The van der Waals surface area contributed by atoms with Crippen LogP contribution in [0.3, 0.4) is 0 Å². The van der Waals surface area contributed by atoms with E-state index >= 15 is 0 Å². The van der Waals surface area contributed by atoms with Gasteiger partial charge in [0.1, 0.15) is 11.4 Å². The van der Waals surface area contributed by atoms with Gasteiger partial charge in [0.15, 0.2) is 5.78 Å². The standard InChI is InChI=1S/C14H12BrNO2/c1-18-13-7-3-2-5-10(13)9-12(17)14-11(15)6-4-8-16-14/h2-8H,9H2,1H3. The molecule has 4 heteroatoms. The van der Waals surface area contributed by atoms with Gasteiger partial charge >= 0.3 is 0 Å². The molecule has 1 heterocycles. The highest BCUT2D eigenvalue weighted by atomic mass is 79.9. The Morgan fingerprint density at radius 1 is 1.28 bits per heavy atom. The molecule has 0 fully saturated rings. The van der Waals surface area contributed by atoms with Crippen LogP contribution >= 0.6 is 15.9 Å². The van der Waals surface area contributed by atoms with Crippen LogP contribution in [0.25, 0.3) is 0 Å². The second-order valence-corrected chi connectivity index (χ2v) is 4.60. The van der Waals surface area contributed by atoms with E-state index < -0.39 is 0 Å². The van der Waals surface area contributed by atoms with Crippen LogP contribution in [-0.4, -0.2) is 17.9 Å². The quantitative estimate of drug-likeness (QED) is 0.814. The summed E-state index contributed by atoms with van der Waals surface area (Å²) < 4.78 is 5.94. The molecule has 0 aliphatic carbocycles. The van der Waals surface area contributed by atoms with Crippen molar-refractivity contribution in [1.29, 1.82) is 0 Å². The van der Waals surface area contributed by atoms with Crippen molar-refractivity contribution in [3.63, 3.8) is 0 Å². The van der Waals surface area contributed by atoms with E-state index in [0.717, 1.165) is 11.3 Å². The molecular formula is C14H12BrNO2. The number of hydrogen-bond donors (Lipinski definition) is 0. The van der Waals surface area contributed by atoms with E-state index in [9.17, 15) is 4.79 Å². The van der Waals surface area contributed by atoms with Crippen LogP contribution in [0, 0.1) is 0 Å². The van der Waals surface area contributed by atoms with Gasteiger partial charge in [0.25, 0.3) is 0 Å². The third-order valence-electron chi connectivity index (χ3n) is 2.57. The van der Waals surface area contributed by atoms with Crippen molar-refractivity contribution in [2.45, 2.75) is 6.42 Å². The third-order valence-corrected chi connectivity index (χ3v) is 3.21. The maximum Gasteiger partial charge on any atom is 0.186 e. The third kappa shape index (κ3) is 2.76. The highest BCUT2D eigenvalue weighted by Gasteiger charge is 2.14. The van der Waals surface area contributed by atoms with Gasteiger partial charge in [0.2, 0.25) is 0 Å². The number of carbonyl (C=O) groups excluding carboxylic acids is 1. The minimum atomic E-state index is -0.0352. The molecule has 0 amide bonds.